The number of nitrogens with one attached hydrogen (secondary N) is 1. The van der Waals surface area contributed by atoms with E-state index in [0.29, 0.717) is 6.54 Å². The van der Waals surface area contributed by atoms with E-state index in [1.165, 1.54) is 0 Å². The highest BCUT2D eigenvalue weighted by Gasteiger charge is 2.10. The summed E-state index contributed by atoms with van der Waals surface area (Å²) in [6.07, 6.45) is 0. The molecule has 0 atom stereocenters. The van der Waals surface area contributed by atoms with Gasteiger partial charge in [0.15, 0.2) is 6.61 Å². The van der Waals surface area contributed by atoms with Crippen molar-refractivity contribution in [2.75, 3.05) is 13.7 Å². The minimum Gasteiger partial charge on any atom is -0.496 e. The molecule has 2 rings (SSSR count). The van der Waals surface area contributed by atoms with Crippen molar-refractivity contribution in [3.05, 3.63) is 58.7 Å². The van der Waals surface area contributed by atoms with E-state index in [0.717, 1.165) is 33.8 Å². The van der Waals surface area contributed by atoms with Crippen LogP contribution in [0.4, 0.5) is 0 Å². The van der Waals surface area contributed by atoms with Crippen molar-refractivity contribution in [2.24, 2.45) is 0 Å². The quantitative estimate of drug-likeness (QED) is 0.890. The lowest BCUT2D eigenvalue weighted by molar-refractivity contribution is -0.123. The van der Waals surface area contributed by atoms with Gasteiger partial charge in [0.1, 0.15) is 11.5 Å². The Balaban J connectivity index is 1.92. The van der Waals surface area contributed by atoms with Crippen LogP contribution in [0.15, 0.2) is 36.4 Å². The van der Waals surface area contributed by atoms with Crippen LogP contribution in [-0.2, 0) is 11.3 Å². The van der Waals surface area contributed by atoms with E-state index < -0.39 is 0 Å². The van der Waals surface area contributed by atoms with Crippen LogP contribution in [0.2, 0.25) is 0 Å². The second kappa shape index (κ2) is 7.68. The lowest BCUT2D eigenvalue weighted by Crippen LogP contribution is -2.28. The summed E-state index contributed by atoms with van der Waals surface area (Å²) in [7, 11) is 1.62. The van der Waals surface area contributed by atoms with Gasteiger partial charge in [0, 0.05) is 12.1 Å². The molecular weight excluding hydrogens is 290 g/mol. The first-order valence-electron chi connectivity index (χ1n) is 7.61. The van der Waals surface area contributed by atoms with E-state index in [-0.39, 0.29) is 12.5 Å². The third-order valence-electron chi connectivity index (χ3n) is 3.89. The molecule has 4 nitrogen and oxygen atoms in total. The molecule has 23 heavy (non-hydrogen) atoms. The minimum atomic E-state index is -0.156. The predicted molar refractivity (Wildman–Crippen MR) is 91.0 cm³/mol. The number of carbonyl (C=O) groups is 1. The normalized spacial score (nSPS) is 10.3. The van der Waals surface area contributed by atoms with Gasteiger partial charge >= 0.3 is 0 Å². The topological polar surface area (TPSA) is 47.6 Å². The molecule has 0 heterocycles. The van der Waals surface area contributed by atoms with Crippen LogP contribution < -0.4 is 14.8 Å². The van der Waals surface area contributed by atoms with Crippen molar-refractivity contribution in [2.45, 2.75) is 27.3 Å². The zero-order valence-electron chi connectivity index (χ0n) is 14.1. The molecule has 0 fully saturated rings. The molecule has 0 bridgehead atoms. The summed E-state index contributed by atoms with van der Waals surface area (Å²) in [6, 6.07) is 11.7. The van der Waals surface area contributed by atoms with Crippen molar-refractivity contribution < 1.29 is 14.3 Å². The second-order valence-corrected chi connectivity index (χ2v) is 5.53. The Kier molecular flexibility index (Phi) is 5.63. The maximum atomic E-state index is 12.0. The first-order valence-corrected chi connectivity index (χ1v) is 7.61. The Morgan fingerprint density at radius 3 is 2.48 bits per heavy atom. The molecule has 0 unspecified atom stereocenters. The average molecular weight is 313 g/mol. The molecule has 0 aliphatic carbocycles. The first kappa shape index (κ1) is 16.9. The summed E-state index contributed by atoms with van der Waals surface area (Å²) < 4.78 is 11.0. The predicted octanol–water partition coefficient (Wildman–Crippen LogP) is 3.32. The van der Waals surface area contributed by atoms with Crippen LogP contribution in [0.25, 0.3) is 0 Å². The number of carbonyl (C=O) groups excluding carboxylic acids is 1. The van der Waals surface area contributed by atoms with Crippen LogP contribution in [0.1, 0.15) is 22.3 Å². The van der Waals surface area contributed by atoms with Gasteiger partial charge in [-0.1, -0.05) is 30.3 Å². The second-order valence-electron chi connectivity index (χ2n) is 5.53. The van der Waals surface area contributed by atoms with E-state index in [4.69, 9.17) is 9.47 Å². The van der Waals surface area contributed by atoms with E-state index >= 15 is 0 Å². The zero-order chi connectivity index (χ0) is 16.8. The molecule has 0 saturated heterocycles. The molecular formula is C19H23NO3. The number of methoxy groups -OCH3 is 1. The SMILES string of the molecule is COc1ccccc1CNC(=O)COc1c(C)ccc(C)c1C. The highest BCUT2D eigenvalue weighted by Crippen LogP contribution is 2.25. The summed E-state index contributed by atoms with van der Waals surface area (Å²) in [5.74, 6) is 1.40. The molecule has 2 aromatic rings. The fraction of sp³-hybridized carbons (Fsp3) is 0.316. The number of ether oxygens (including phenoxy) is 2. The van der Waals surface area contributed by atoms with Crippen LogP contribution >= 0.6 is 0 Å². The zero-order valence-corrected chi connectivity index (χ0v) is 14.1. The molecule has 1 N–H and O–H groups in total. The van der Waals surface area contributed by atoms with Gasteiger partial charge < -0.3 is 14.8 Å². The van der Waals surface area contributed by atoms with Crippen molar-refractivity contribution >= 4 is 5.91 Å². The Morgan fingerprint density at radius 2 is 1.74 bits per heavy atom. The Morgan fingerprint density at radius 1 is 1.04 bits per heavy atom. The smallest absolute Gasteiger partial charge is 0.258 e. The van der Waals surface area contributed by atoms with Gasteiger partial charge in [-0.15, -0.1) is 0 Å². The van der Waals surface area contributed by atoms with Gasteiger partial charge in [-0.3, -0.25) is 4.79 Å². The summed E-state index contributed by atoms with van der Waals surface area (Å²) >= 11 is 0. The molecule has 0 saturated carbocycles. The van der Waals surface area contributed by atoms with Crippen molar-refractivity contribution in [3.63, 3.8) is 0 Å². The van der Waals surface area contributed by atoms with Crippen LogP contribution in [-0.4, -0.2) is 19.6 Å². The van der Waals surface area contributed by atoms with Gasteiger partial charge in [0.2, 0.25) is 0 Å². The van der Waals surface area contributed by atoms with E-state index in [9.17, 15) is 4.79 Å². The summed E-state index contributed by atoms with van der Waals surface area (Å²) in [5.41, 5.74) is 4.19. The fourth-order valence-electron chi connectivity index (χ4n) is 2.38. The minimum absolute atomic E-state index is 0.000280. The highest BCUT2D eigenvalue weighted by molar-refractivity contribution is 5.77. The lowest BCUT2D eigenvalue weighted by atomic mass is 10.1. The Hall–Kier alpha value is -2.49. The van der Waals surface area contributed by atoms with E-state index in [2.05, 4.69) is 11.4 Å². The molecule has 0 radical (unpaired) electrons. The van der Waals surface area contributed by atoms with Gasteiger partial charge in [0.25, 0.3) is 5.91 Å². The van der Waals surface area contributed by atoms with Gasteiger partial charge in [0.05, 0.1) is 7.11 Å². The molecule has 0 aliphatic rings. The van der Waals surface area contributed by atoms with Crippen molar-refractivity contribution in [1.82, 2.24) is 5.32 Å². The molecule has 0 spiro atoms. The number of aryl methyl sites for hydroxylation is 2. The molecule has 0 aliphatic heterocycles. The maximum Gasteiger partial charge on any atom is 0.258 e. The lowest BCUT2D eigenvalue weighted by Gasteiger charge is -2.14. The average Bonchev–Trinajstić information content (AvgIpc) is 2.56. The third-order valence-corrected chi connectivity index (χ3v) is 3.89. The number of hydrogen-bond acceptors (Lipinski definition) is 3. The van der Waals surface area contributed by atoms with Crippen LogP contribution in [0, 0.1) is 20.8 Å². The van der Waals surface area contributed by atoms with Crippen molar-refractivity contribution in [3.8, 4) is 11.5 Å². The van der Waals surface area contributed by atoms with Gasteiger partial charge in [-0.2, -0.15) is 0 Å². The summed E-state index contributed by atoms with van der Waals surface area (Å²) in [4.78, 5) is 12.0. The summed E-state index contributed by atoms with van der Waals surface area (Å²) in [5, 5.41) is 2.85. The number of rotatable bonds is 6. The highest BCUT2D eigenvalue weighted by atomic mass is 16.5. The molecule has 0 aromatic heterocycles. The first-order chi connectivity index (χ1) is 11.0. The fourth-order valence-corrected chi connectivity index (χ4v) is 2.38. The van der Waals surface area contributed by atoms with Gasteiger partial charge in [-0.05, 0) is 43.5 Å². The molecule has 1 amide bonds. The standard InChI is InChI=1S/C19H23NO3/c1-13-9-10-14(2)19(15(13)3)23-12-18(21)20-11-16-7-5-6-8-17(16)22-4/h5-10H,11-12H2,1-4H3,(H,20,21). The Bertz CT molecular complexity index is 695. The van der Waals surface area contributed by atoms with Crippen LogP contribution in [0.3, 0.4) is 0 Å². The molecule has 2 aromatic carbocycles. The number of benzene rings is 2. The Labute approximate surface area is 137 Å². The number of para-hydroxylation sites is 1. The van der Waals surface area contributed by atoms with E-state index in [1.54, 1.807) is 7.11 Å². The third kappa shape index (κ3) is 4.25. The number of hydrogen-bond donors (Lipinski definition) is 1. The number of amides is 1. The molecule has 122 valence electrons. The molecule has 4 heteroatoms. The largest absolute Gasteiger partial charge is 0.496 e. The maximum absolute atomic E-state index is 12.0. The van der Waals surface area contributed by atoms with Crippen molar-refractivity contribution in [1.29, 1.82) is 0 Å². The van der Waals surface area contributed by atoms with Gasteiger partial charge in [-0.25, -0.2) is 0 Å². The monoisotopic (exact) mass is 313 g/mol. The van der Waals surface area contributed by atoms with Crippen LogP contribution in [0.5, 0.6) is 11.5 Å². The summed E-state index contributed by atoms with van der Waals surface area (Å²) in [6.45, 7) is 6.43. The van der Waals surface area contributed by atoms with E-state index in [1.807, 2.05) is 51.1 Å².